The van der Waals surface area contributed by atoms with Crippen LogP contribution in [-0.4, -0.2) is 50.1 Å². The fraction of sp³-hybridized carbons (Fsp3) is 0.308. The Balaban J connectivity index is 0.00000274. The third-order valence-corrected chi connectivity index (χ3v) is 6.23. The minimum atomic E-state index is -0.155. The Hall–Kier alpha value is -3.13. The quantitative estimate of drug-likeness (QED) is 0.437. The van der Waals surface area contributed by atoms with E-state index in [1.54, 1.807) is 10.8 Å². The molecule has 1 saturated heterocycles. The van der Waals surface area contributed by atoms with Crippen LogP contribution in [0, 0.1) is 0 Å². The predicted octanol–water partition coefficient (Wildman–Crippen LogP) is 3.64. The second kappa shape index (κ2) is 10.9. The van der Waals surface area contributed by atoms with Gasteiger partial charge in [0.2, 0.25) is 0 Å². The molecule has 0 amide bonds. The molecular formula is C26H29ClN4O3. The van der Waals surface area contributed by atoms with Gasteiger partial charge >= 0.3 is 0 Å². The molecule has 8 heteroatoms. The van der Waals surface area contributed by atoms with E-state index in [1.807, 2.05) is 65.5 Å². The van der Waals surface area contributed by atoms with Gasteiger partial charge in [-0.15, -0.1) is 12.4 Å². The average Bonchev–Trinajstić information content (AvgIpc) is 3.25. The van der Waals surface area contributed by atoms with Crippen molar-refractivity contribution in [3.05, 3.63) is 89.0 Å². The average molecular weight is 481 g/mol. The third kappa shape index (κ3) is 5.50. The van der Waals surface area contributed by atoms with Gasteiger partial charge in [0.05, 0.1) is 24.4 Å². The van der Waals surface area contributed by atoms with Crippen molar-refractivity contribution in [3.8, 4) is 11.4 Å². The van der Waals surface area contributed by atoms with Gasteiger partial charge in [0.1, 0.15) is 12.4 Å². The minimum Gasteiger partial charge on any atom is -0.489 e. The number of nitrogens with zero attached hydrogens (tertiary/aromatic N) is 4. The van der Waals surface area contributed by atoms with E-state index in [-0.39, 0.29) is 24.1 Å². The van der Waals surface area contributed by atoms with Gasteiger partial charge in [-0.3, -0.25) is 14.0 Å². The summed E-state index contributed by atoms with van der Waals surface area (Å²) in [5.41, 5.74) is 2.76. The van der Waals surface area contributed by atoms with Crippen LogP contribution in [0.3, 0.4) is 0 Å². The summed E-state index contributed by atoms with van der Waals surface area (Å²) in [6.07, 6.45) is 5.13. The summed E-state index contributed by atoms with van der Waals surface area (Å²) in [4.78, 5) is 15.1. The number of hydrogen-bond acceptors (Lipinski definition) is 5. The number of aliphatic hydroxyl groups excluding tert-OH is 1. The number of aliphatic hydroxyl groups is 1. The smallest absolute Gasteiger partial charge is 0.258 e. The molecule has 34 heavy (non-hydrogen) atoms. The maximum atomic E-state index is 12.7. The summed E-state index contributed by atoms with van der Waals surface area (Å²) >= 11 is 0. The molecule has 0 aliphatic carbocycles. The van der Waals surface area contributed by atoms with Crippen molar-refractivity contribution in [2.75, 3.05) is 19.6 Å². The zero-order valence-corrected chi connectivity index (χ0v) is 19.7. The molecule has 1 N–H and O–H groups in total. The summed E-state index contributed by atoms with van der Waals surface area (Å²) in [5.74, 6) is 0.555. The maximum absolute atomic E-state index is 12.7. The standard InChI is InChI=1S/C26H28N4O3.ClH/c31-23-8-11-28(12-9-23)14-15-30-25-7-6-22(16-21(25)18-27-30)29-13-10-24(17-26(29)32)33-19-20-4-2-1-3-5-20;/h1-7,10,13,16-18,23,31H,8-9,11-12,14-15,19H2;1H. The molecule has 0 bridgehead atoms. The fourth-order valence-corrected chi connectivity index (χ4v) is 4.29. The van der Waals surface area contributed by atoms with Crippen molar-refractivity contribution in [1.82, 2.24) is 19.2 Å². The van der Waals surface area contributed by atoms with E-state index in [0.29, 0.717) is 12.4 Å². The highest BCUT2D eigenvalue weighted by molar-refractivity contribution is 5.85. The van der Waals surface area contributed by atoms with Gasteiger partial charge in [-0.2, -0.15) is 5.10 Å². The van der Waals surface area contributed by atoms with Crippen LogP contribution >= 0.6 is 12.4 Å². The van der Waals surface area contributed by atoms with Gasteiger partial charge < -0.3 is 14.7 Å². The van der Waals surface area contributed by atoms with Gasteiger partial charge in [-0.05, 0) is 42.7 Å². The van der Waals surface area contributed by atoms with E-state index < -0.39 is 0 Å². The molecule has 4 aromatic rings. The summed E-state index contributed by atoms with van der Waals surface area (Å²) in [5, 5.41) is 15.2. The lowest BCUT2D eigenvalue weighted by atomic mass is 10.1. The number of aromatic nitrogens is 3. The number of piperidine rings is 1. The van der Waals surface area contributed by atoms with Gasteiger partial charge in [0, 0.05) is 43.0 Å². The Morgan fingerprint density at radius 1 is 1.00 bits per heavy atom. The molecule has 0 spiro atoms. The number of ether oxygens (including phenoxy) is 1. The van der Waals surface area contributed by atoms with Crippen LogP contribution in [-0.2, 0) is 13.2 Å². The molecule has 5 rings (SSSR count). The van der Waals surface area contributed by atoms with Crippen LogP contribution in [0.25, 0.3) is 16.6 Å². The molecule has 178 valence electrons. The Labute approximate surface area is 204 Å². The van der Waals surface area contributed by atoms with Crippen molar-refractivity contribution < 1.29 is 9.84 Å². The van der Waals surface area contributed by atoms with Crippen molar-refractivity contribution >= 4 is 23.3 Å². The molecule has 7 nitrogen and oxygen atoms in total. The third-order valence-electron chi connectivity index (χ3n) is 6.23. The first-order chi connectivity index (χ1) is 16.2. The molecule has 3 heterocycles. The molecule has 1 aliphatic rings. The first-order valence-electron chi connectivity index (χ1n) is 11.4. The molecule has 0 saturated carbocycles. The topological polar surface area (TPSA) is 72.5 Å². The number of likely N-dealkylation sites (tertiary alicyclic amines) is 1. The van der Waals surface area contributed by atoms with E-state index in [0.717, 1.165) is 61.2 Å². The Kier molecular flexibility index (Phi) is 7.67. The lowest BCUT2D eigenvalue weighted by Crippen LogP contribution is -2.37. The molecule has 2 aromatic carbocycles. The number of hydrogen-bond donors (Lipinski definition) is 1. The molecule has 0 radical (unpaired) electrons. The molecule has 0 unspecified atom stereocenters. The molecule has 1 aliphatic heterocycles. The number of rotatable bonds is 7. The molecule has 1 fully saturated rings. The SMILES string of the molecule is Cl.O=c1cc(OCc2ccccc2)ccn1-c1ccc2c(cnn2CCN2CCC(O)CC2)c1. The number of fused-ring (bicyclic) bond motifs is 1. The van der Waals surface area contributed by atoms with Crippen molar-refractivity contribution in [1.29, 1.82) is 0 Å². The number of benzene rings is 2. The van der Waals surface area contributed by atoms with Crippen LogP contribution in [0.5, 0.6) is 5.75 Å². The van der Waals surface area contributed by atoms with Crippen molar-refractivity contribution in [3.63, 3.8) is 0 Å². The maximum Gasteiger partial charge on any atom is 0.258 e. The van der Waals surface area contributed by atoms with Gasteiger partial charge in [-0.25, -0.2) is 0 Å². The highest BCUT2D eigenvalue weighted by Crippen LogP contribution is 2.19. The highest BCUT2D eigenvalue weighted by Gasteiger charge is 2.17. The van der Waals surface area contributed by atoms with Gasteiger partial charge in [0.15, 0.2) is 0 Å². The predicted molar refractivity (Wildman–Crippen MR) is 135 cm³/mol. The zero-order chi connectivity index (χ0) is 22.6. The monoisotopic (exact) mass is 480 g/mol. The van der Waals surface area contributed by atoms with Crippen LogP contribution in [0.1, 0.15) is 18.4 Å². The first-order valence-corrected chi connectivity index (χ1v) is 11.4. The highest BCUT2D eigenvalue weighted by atomic mass is 35.5. The summed E-state index contributed by atoms with van der Waals surface area (Å²) in [6, 6.07) is 19.2. The molecule has 2 aromatic heterocycles. The van der Waals surface area contributed by atoms with Crippen LogP contribution in [0.4, 0.5) is 0 Å². The number of pyridine rings is 1. The largest absolute Gasteiger partial charge is 0.489 e. The van der Waals surface area contributed by atoms with Gasteiger partial charge in [-0.1, -0.05) is 30.3 Å². The first kappa shape index (κ1) is 24.0. The van der Waals surface area contributed by atoms with Gasteiger partial charge in [0.25, 0.3) is 5.56 Å². The second-order valence-corrected chi connectivity index (χ2v) is 8.53. The molecule has 0 atom stereocenters. The van der Waals surface area contributed by atoms with E-state index in [9.17, 15) is 9.90 Å². The van der Waals surface area contributed by atoms with Crippen LogP contribution in [0.15, 0.2) is 77.9 Å². The van der Waals surface area contributed by atoms with E-state index in [2.05, 4.69) is 10.00 Å². The Bertz CT molecular complexity index is 1280. The zero-order valence-electron chi connectivity index (χ0n) is 18.9. The molecular weight excluding hydrogens is 452 g/mol. The minimum absolute atomic E-state index is 0. The fourth-order valence-electron chi connectivity index (χ4n) is 4.29. The van der Waals surface area contributed by atoms with E-state index in [1.165, 1.54) is 6.07 Å². The Morgan fingerprint density at radius 2 is 1.79 bits per heavy atom. The lowest BCUT2D eigenvalue weighted by Gasteiger charge is -2.29. The van der Waals surface area contributed by atoms with Crippen LogP contribution < -0.4 is 10.3 Å². The normalized spacial score (nSPS) is 14.7. The van der Waals surface area contributed by atoms with E-state index in [4.69, 9.17) is 4.74 Å². The second-order valence-electron chi connectivity index (χ2n) is 8.53. The Morgan fingerprint density at radius 3 is 2.56 bits per heavy atom. The lowest BCUT2D eigenvalue weighted by molar-refractivity contribution is 0.0807. The van der Waals surface area contributed by atoms with E-state index >= 15 is 0 Å². The summed E-state index contributed by atoms with van der Waals surface area (Å²) in [6.45, 7) is 3.99. The number of halogens is 1. The summed E-state index contributed by atoms with van der Waals surface area (Å²) < 4.78 is 9.40. The van der Waals surface area contributed by atoms with Crippen LogP contribution in [0.2, 0.25) is 0 Å². The summed E-state index contributed by atoms with van der Waals surface area (Å²) in [7, 11) is 0. The van der Waals surface area contributed by atoms with Crippen molar-refractivity contribution in [2.45, 2.75) is 32.1 Å². The van der Waals surface area contributed by atoms with Crippen molar-refractivity contribution in [2.24, 2.45) is 0 Å².